The van der Waals surface area contributed by atoms with Gasteiger partial charge in [0, 0.05) is 16.7 Å². The highest BCUT2D eigenvalue weighted by molar-refractivity contribution is 6.30. The Balaban J connectivity index is 1.41. The number of halogens is 1. The molecule has 1 unspecified atom stereocenters. The molecule has 1 aliphatic heterocycles. The Morgan fingerprint density at radius 2 is 1.73 bits per heavy atom. The maximum atomic E-state index is 13.1. The van der Waals surface area contributed by atoms with Crippen LogP contribution in [0.2, 0.25) is 5.02 Å². The zero-order valence-corrected chi connectivity index (χ0v) is 25.8. The van der Waals surface area contributed by atoms with E-state index in [1.165, 1.54) is 0 Å². The van der Waals surface area contributed by atoms with Crippen LogP contribution in [0.3, 0.4) is 0 Å². The second-order valence-corrected chi connectivity index (χ2v) is 10.7. The van der Waals surface area contributed by atoms with Crippen molar-refractivity contribution in [2.24, 2.45) is 5.73 Å². The number of nitrogens with zero attached hydrogens (tertiary/aromatic N) is 1. The van der Waals surface area contributed by atoms with Gasteiger partial charge in [0.1, 0.15) is 41.1 Å². The van der Waals surface area contributed by atoms with Gasteiger partial charge in [-0.1, -0.05) is 61.3 Å². The fraction of sp³-hybridized carbons (Fsp3) is 0.222. The number of carbonyl (C=O) groups is 1. The third kappa shape index (κ3) is 7.34. The van der Waals surface area contributed by atoms with E-state index in [9.17, 15) is 10.1 Å². The summed E-state index contributed by atoms with van der Waals surface area (Å²) in [5.41, 5.74) is 9.21. The molecule has 0 saturated carbocycles. The van der Waals surface area contributed by atoms with Crippen molar-refractivity contribution in [3.05, 3.63) is 124 Å². The molecule has 0 amide bonds. The van der Waals surface area contributed by atoms with Crippen molar-refractivity contribution in [3.63, 3.8) is 0 Å². The molecule has 45 heavy (non-hydrogen) atoms. The zero-order valence-electron chi connectivity index (χ0n) is 25.0. The molecule has 5 rings (SSSR count). The van der Waals surface area contributed by atoms with E-state index in [2.05, 4.69) is 13.0 Å². The van der Waals surface area contributed by atoms with Gasteiger partial charge in [0.05, 0.1) is 19.1 Å². The summed E-state index contributed by atoms with van der Waals surface area (Å²) in [5.74, 6) is 1.02. The molecule has 0 saturated heterocycles. The number of benzene rings is 4. The first-order chi connectivity index (χ1) is 21.9. The summed E-state index contributed by atoms with van der Waals surface area (Å²) in [6.45, 7) is 5.19. The first kappa shape index (κ1) is 31.3. The smallest absolute Gasteiger partial charge is 0.347 e. The maximum Gasteiger partial charge on any atom is 0.347 e. The second kappa shape index (κ2) is 14.6. The number of esters is 1. The molecule has 0 aromatic heterocycles. The van der Waals surface area contributed by atoms with Crippen molar-refractivity contribution < 1.29 is 28.5 Å². The van der Waals surface area contributed by atoms with Gasteiger partial charge >= 0.3 is 5.97 Å². The third-order valence-corrected chi connectivity index (χ3v) is 7.42. The molecule has 230 valence electrons. The Morgan fingerprint density at radius 1 is 0.933 bits per heavy atom. The Bertz CT molecular complexity index is 1750. The number of allylic oxidation sites excluding steroid dienone is 1. The lowest BCUT2D eigenvalue weighted by Crippen LogP contribution is -2.21. The molecule has 1 heterocycles. The van der Waals surface area contributed by atoms with Gasteiger partial charge < -0.3 is 29.4 Å². The minimum atomic E-state index is -0.564. The predicted octanol–water partition coefficient (Wildman–Crippen LogP) is 7.93. The molecule has 0 spiro atoms. The molecule has 1 atom stereocenters. The molecule has 0 bridgehead atoms. The molecule has 4 aromatic carbocycles. The Hall–Kier alpha value is -5.13. The average Bonchev–Trinajstić information content (AvgIpc) is 3.04. The van der Waals surface area contributed by atoms with Crippen LogP contribution in [0.1, 0.15) is 59.7 Å². The van der Waals surface area contributed by atoms with E-state index in [0.717, 1.165) is 24.0 Å². The molecule has 1 aliphatic rings. The van der Waals surface area contributed by atoms with Gasteiger partial charge in [0.15, 0.2) is 11.5 Å². The number of fused-ring (bicyclic) bond motifs is 1. The molecule has 8 nitrogen and oxygen atoms in total. The number of nitrogens with two attached hydrogens (primary N) is 1. The fourth-order valence-electron chi connectivity index (χ4n) is 4.93. The number of para-hydroxylation sites is 1. The van der Waals surface area contributed by atoms with Crippen molar-refractivity contribution >= 4 is 17.6 Å². The van der Waals surface area contributed by atoms with E-state index in [4.69, 9.17) is 41.0 Å². The van der Waals surface area contributed by atoms with Gasteiger partial charge in [-0.2, -0.15) is 5.26 Å². The van der Waals surface area contributed by atoms with Crippen LogP contribution in [0.4, 0.5) is 0 Å². The quantitative estimate of drug-likeness (QED) is 0.0960. The summed E-state index contributed by atoms with van der Waals surface area (Å²) < 4.78 is 29.4. The monoisotopic (exact) mass is 624 g/mol. The van der Waals surface area contributed by atoms with Crippen LogP contribution >= 0.6 is 11.6 Å². The van der Waals surface area contributed by atoms with E-state index in [1.807, 2.05) is 55.5 Å². The summed E-state index contributed by atoms with van der Waals surface area (Å²) in [4.78, 5) is 13.1. The van der Waals surface area contributed by atoms with Crippen molar-refractivity contribution in [3.8, 4) is 34.8 Å². The normalized spacial score (nSPS) is 13.7. The lowest BCUT2D eigenvalue weighted by Gasteiger charge is -2.27. The number of unbranched alkanes of at least 4 members (excludes halogenated alkanes) is 1. The SMILES string of the molecule is CCCCOc1ccccc1C(=O)Oc1ccc2c(c1)OC(N)=C(C#N)C2c1ccc(OCc2ccc(Cl)cc2)c(OCC)c1. The number of hydrogen-bond donors (Lipinski definition) is 1. The number of carbonyl (C=O) groups excluding carboxylic acids is 1. The van der Waals surface area contributed by atoms with Gasteiger partial charge in [-0.05, 0) is 66.9 Å². The van der Waals surface area contributed by atoms with E-state index in [-0.39, 0.29) is 17.2 Å². The summed E-state index contributed by atoms with van der Waals surface area (Å²) in [6, 6.07) is 27.1. The Kier molecular flexibility index (Phi) is 10.1. The summed E-state index contributed by atoms with van der Waals surface area (Å²) in [6.07, 6.45) is 1.85. The van der Waals surface area contributed by atoms with Crippen LogP contribution in [-0.4, -0.2) is 19.2 Å². The standard InChI is InChI=1S/C36H33ClN2O6/c1-3-5-18-42-30-9-7-6-8-28(30)36(40)44-26-15-16-27-32(20-26)45-35(39)29(21-38)34(27)24-12-17-31(33(19-24)41-4-2)43-22-23-10-13-25(37)14-11-23/h6-17,19-20,34H,3-5,18,22,39H2,1-2H3. The van der Waals surface area contributed by atoms with Gasteiger partial charge in [0.2, 0.25) is 5.88 Å². The van der Waals surface area contributed by atoms with Gasteiger partial charge in [0.25, 0.3) is 0 Å². The van der Waals surface area contributed by atoms with Crippen LogP contribution in [0.5, 0.6) is 28.7 Å². The van der Waals surface area contributed by atoms with Crippen molar-refractivity contribution in [1.82, 2.24) is 0 Å². The van der Waals surface area contributed by atoms with Crippen molar-refractivity contribution in [2.45, 2.75) is 39.2 Å². The van der Waals surface area contributed by atoms with Crippen LogP contribution in [0.15, 0.2) is 96.4 Å². The summed E-state index contributed by atoms with van der Waals surface area (Å²) in [7, 11) is 0. The highest BCUT2D eigenvalue weighted by Crippen LogP contribution is 2.45. The first-order valence-electron chi connectivity index (χ1n) is 14.7. The van der Waals surface area contributed by atoms with Gasteiger partial charge in [-0.15, -0.1) is 0 Å². The van der Waals surface area contributed by atoms with E-state index in [1.54, 1.807) is 36.4 Å². The largest absolute Gasteiger partial charge is 0.493 e. The van der Waals surface area contributed by atoms with Gasteiger partial charge in [-0.25, -0.2) is 4.79 Å². The average molecular weight is 625 g/mol. The molecule has 2 N–H and O–H groups in total. The highest BCUT2D eigenvalue weighted by atomic mass is 35.5. The van der Waals surface area contributed by atoms with Crippen LogP contribution in [-0.2, 0) is 6.61 Å². The number of ether oxygens (including phenoxy) is 5. The summed E-state index contributed by atoms with van der Waals surface area (Å²) >= 11 is 6.01. The van der Waals surface area contributed by atoms with Crippen LogP contribution in [0, 0.1) is 11.3 Å². The Labute approximate surface area is 267 Å². The zero-order chi connectivity index (χ0) is 31.8. The van der Waals surface area contributed by atoms with Gasteiger partial charge in [-0.3, -0.25) is 0 Å². The summed E-state index contributed by atoms with van der Waals surface area (Å²) in [5, 5.41) is 10.7. The minimum Gasteiger partial charge on any atom is -0.493 e. The number of rotatable bonds is 12. The molecule has 4 aromatic rings. The van der Waals surface area contributed by atoms with Crippen molar-refractivity contribution in [2.75, 3.05) is 13.2 Å². The van der Waals surface area contributed by atoms with Crippen molar-refractivity contribution in [1.29, 1.82) is 5.26 Å². The van der Waals surface area contributed by atoms with E-state index < -0.39 is 11.9 Å². The third-order valence-electron chi connectivity index (χ3n) is 7.17. The molecule has 0 aliphatic carbocycles. The van der Waals surface area contributed by atoms with Crippen LogP contribution in [0.25, 0.3) is 0 Å². The van der Waals surface area contributed by atoms with E-state index >= 15 is 0 Å². The lowest BCUT2D eigenvalue weighted by molar-refractivity contribution is 0.0730. The predicted molar refractivity (Wildman–Crippen MR) is 171 cm³/mol. The molecular formula is C36H33ClN2O6. The lowest BCUT2D eigenvalue weighted by atomic mass is 9.83. The Morgan fingerprint density at radius 3 is 2.49 bits per heavy atom. The van der Waals surface area contributed by atoms with E-state index in [0.29, 0.717) is 59.0 Å². The highest BCUT2D eigenvalue weighted by Gasteiger charge is 2.32. The number of nitriles is 1. The topological polar surface area (TPSA) is 113 Å². The molecule has 0 radical (unpaired) electrons. The molecular weight excluding hydrogens is 592 g/mol. The fourth-order valence-corrected chi connectivity index (χ4v) is 5.05. The molecule has 0 fully saturated rings. The second-order valence-electron chi connectivity index (χ2n) is 10.3. The number of hydrogen-bond acceptors (Lipinski definition) is 8. The molecule has 9 heteroatoms. The minimum absolute atomic E-state index is 0.0332. The first-order valence-corrected chi connectivity index (χ1v) is 15.1. The maximum absolute atomic E-state index is 13.1. The van der Waals surface area contributed by atoms with Crippen LogP contribution < -0.4 is 29.4 Å².